The molecule has 2 saturated heterocycles. The molecule has 1 amide bonds. The fourth-order valence-electron chi connectivity index (χ4n) is 4.26. The number of anilines is 3. The molecule has 4 rings (SSSR count). The number of piperidine rings is 1. The second kappa shape index (κ2) is 10.0. The number of rotatable bonds is 7. The monoisotopic (exact) mass is 472 g/mol. The van der Waals surface area contributed by atoms with Crippen LogP contribution in [-0.2, 0) is 21.2 Å². The molecule has 178 valence electrons. The van der Waals surface area contributed by atoms with Gasteiger partial charge in [-0.15, -0.1) is 0 Å². The zero-order valence-electron chi connectivity index (χ0n) is 19.3. The fraction of sp³-hybridized carbons (Fsp3) is 0.522. The van der Waals surface area contributed by atoms with Crippen molar-refractivity contribution in [2.75, 3.05) is 60.6 Å². The minimum Gasteiger partial charge on any atom is -0.385 e. The van der Waals surface area contributed by atoms with Crippen LogP contribution in [0.4, 0.5) is 17.3 Å². The van der Waals surface area contributed by atoms with Gasteiger partial charge in [-0.1, -0.05) is 6.92 Å². The molecule has 10 heteroatoms. The van der Waals surface area contributed by atoms with E-state index >= 15 is 0 Å². The minimum atomic E-state index is -3.35. The van der Waals surface area contributed by atoms with Gasteiger partial charge in [-0.3, -0.25) is 4.79 Å². The van der Waals surface area contributed by atoms with Crippen molar-refractivity contribution in [3.63, 3.8) is 0 Å². The van der Waals surface area contributed by atoms with Crippen molar-refractivity contribution >= 4 is 33.3 Å². The quantitative estimate of drug-likeness (QED) is 0.658. The largest absolute Gasteiger partial charge is 0.385 e. The smallest absolute Gasteiger partial charge is 0.242 e. The van der Waals surface area contributed by atoms with Gasteiger partial charge in [0, 0.05) is 56.5 Å². The number of nitrogens with zero attached hydrogens (tertiary/aromatic N) is 5. The number of hydrogen-bond donors (Lipinski definition) is 1. The van der Waals surface area contributed by atoms with Gasteiger partial charge in [0.25, 0.3) is 0 Å². The van der Waals surface area contributed by atoms with E-state index in [0.717, 1.165) is 68.0 Å². The molecular weight excluding hydrogens is 440 g/mol. The van der Waals surface area contributed by atoms with E-state index in [2.05, 4.69) is 27.1 Å². The highest BCUT2D eigenvalue weighted by Crippen LogP contribution is 2.24. The molecule has 0 aliphatic carbocycles. The van der Waals surface area contributed by atoms with Gasteiger partial charge >= 0.3 is 0 Å². The third kappa shape index (κ3) is 5.80. The summed E-state index contributed by atoms with van der Waals surface area (Å²) in [6, 6.07) is 7.78. The second-order valence-corrected chi connectivity index (χ2v) is 10.7. The Kier molecular flexibility index (Phi) is 7.14. The maximum absolute atomic E-state index is 12.4. The van der Waals surface area contributed by atoms with Crippen LogP contribution in [-0.4, -0.2) is 74.1 Å². The summed E-state index contributed by atoms with van der Waals surface area (Å²) in [6.07, 6.45) is 8.09. The molecule has 0 atom stereocenters. The summed E-state index contributed by atoms with van der Waals surface area (Å²) >= 11 is 0. The second-order valence-electron chi connectivity index (χ2n) is 8.74. The summed E-state index contributed by atoms with van der Waals surface area (Å²) in [5.74, 6) is 1.20. The number of carbonyl (C=O) groups is 1. The van der Waals surface area contributed by atoms with E-state index < -0.39 is 10.0 Å². The van der Waals surface area contributed by atoms with Gasteiger partial charge < -0.3 is 15.1 Å². The van der Waals surface area contributed by atoms with Gasteiger partial charge in [-0.2, -0.15) is 4.31 Å². The SMILES string of the molecule is CCc1cnc(N2CCC(CNc3ccc(N4CCN(S(C)(=O)=O)CC4=O)cc3)CC2)nc1. The third-order valence-electron chi connectivity index (χ3n) is 6.43. The predicted octanol–water partition coefficient (Wildman–Crippen LogP) is 1.98. The maximum atomic E-state index is 12.4. The molecule has 0 unspecified atom stereocenters. The third-order valence-corrected chi connectivity index (χ3v) is 7.68. The Morgan fingerprint density at radius 2 is 1.70 bits per heavy atom. The molecule has 1 N–H and O–H groups in total. The zero-order valence-corrected chi connectivity index (χ0v) is 20.1. The van der Waals surface area contributed by atoms with Gasteiger partial charge in [0.15, 0.2) is 0 Å². The van der Waals surface area contributed by atoms with Crippen molar-refractivity contribution < 1.29 is 13.2 Å². The van der Waals surface area contributed by atoms with E-state index in [1.165, 1.54) is 4.31 Å². The Morgan fingerprint density at radius 1 is 1.03 bits per heavy atom. The van der Waals surface area contributed by atoms with Gasteiger partial charge in [0.05, 0.1) is 12.8 Å². The van der Waals surface area contributed by atoms with E-state index in [1.54, 1.807) is 4.90 Å². The Hall–Kier alpha value is -2.72. The Balaban J connectivity index is 1.24. The first kappa shape index (κ1) is 23.4. The summed E-state index contributed by atoms with van der Waals surface area (Å²) in [7, 11) is -3.35. The zero-order chi connectivity index (χ0) is 23.4. The molecule has 9 nitrogen and oxygen atoms in total. The summed E-state index contributed by atoms with van der Waals surface area (Å²) in [5, 5.41) is 3.51. The van der Waals surface area contributed by atoms with Crippen LogP contribution in [0.1, 0.15) is 25.3 Å². The van der Waals surface area contributed by atoms with Crippen molar-refractivity contribution in [1.29, 1.82) is 0 Å². The normalized spacial score (nSPS) is 18.5. The Morgan fingerprint density at radius 3 is 2.27 bits per heavy atom. The highest BCUT2D eigenvalue weighted by Gasteiger charge is 2.30. The summed E-state index contributed by atoms with van der Waals surface area (Å²) in [6.45, 7) is 5.49. The van der Waals surface area contributed by atoms with Crippen molar-refractivity contribution in [1.82, 2.24) is 14.3 Å². The standard InChI is InChI=1S/C23H32N6O3S/c1-3-18-14-25-23(26-15-18)27-10-8-19(9-11-27)16-24-20-4-6-21(7-5-20)29-13-12-28(17-22(29)30)33(2,31)32/h4-7,14-15,19,24H,3,8-13,16-17H2,1-2H3. The molecule has 0 saturated carbocycles. The van der Waals surface area contributed by atoms with E-state index in [9.17, 15) is 13.2 Å². The highest BCUT2D eigenvalue weighted by atomic mass is 32.2. The van der Waals surface area contributed by atoms with Crippen LogP contribution < -0.4 is 15.1 Å². The molecule has 0 spiro atoms. The molecule has 0 radical (unpaired) electrons. The number of aromatic nitrogens is 2. The fourth-order valence-corrected chi connectivity index (χ4v) is 5.02. The molecule has 1 aromatic carbocycles. The number of sulfonamides is 1. The number of amides is 1. The highest BCUT2D eigenvalue weighted by molar-refractivity contribution is 7.88. The molecule has 2 aliphatic rings. The van der Waals surface area contributed by atoms with Crippen molar-refractivity contribution in [2.45, 2.75) is 26.2 Å². The van der Waals surface area contributed by atoms with Crippen LogP contribution in [0.25, 0.3) is 0 Å². The van der Waals surface area contributed by atoms with Crippen LogP contribution in [0.3, 0.4) is 0 Å². The molecule has 0 bridgehead atoms. The molecular formula is C23H32N6O3S. The minimum absolute atomic E-state index is 0.106. The van der Waals surface area contributed by atoms with Crippen LogP contribution >= 0.6 is 0 Å². The first-order valence-corrected chi connectivity index (χ1v) is 13.3. The number of aryl methyl sites for hydroxylation is 1. The topological polar surface area (TPSA) is 98.7 Å². The average Bonchev–Trinajstić information content (AvgIpc) is 2.83. The molecule has 1 aromatic heterocycles. The first-order valence-electron chi connectivity index (χ1n) is 11.5. The van der Waals surface area contributed by atoms with Crippen molar-refractivity contribution in [3.8, 4) is 0 Å². The van der Waals surface area contributed by atoms with Crippen LogP contribution in [0.5, 0.6) is 0 Å². The molecule has 33 heavy (non-hydrogen) atoms. The van der Waals surface area contributed by atoms with Crippen LogP contribution in [0.2, 0.25) is 0 Å². The van der Waals surface area contributed by atoms with Crippen LogP contribution in [0.15, 0.2) is 36.7 Å². The first-order chi connectivity index (χ1) is 15.8. The summed E-state index contributed by atoms with van der Waals surface area (Å²) < 4.78 is 24.6. The van der Waals surface area contributed by atoms with E-state index in [1.807, 2.05) is 36.7 Å². The lowest BCUT2D eigenvalue weighted by Gasteiger charge is -2.33. The average molecular weight is 473 g/mol. The molecule has 2 fully saturated rings. The molecule has 3 heterocycles. The van der Waals surface area contributed by atoms with Gasteiger partial charge in [-0.05, 0) is 55.0 Å². The lowest BCUT2D eigenvalue weighted by atomic mass is 9.97. The van der Waals surface area contributed by atoms with Gasteiger partial charge in [0.2, 0.25) is 21.9 Å². The van der Waals surface area contributed by atoms with E-state index in [4.69, 9.17) is 0 Å². The lowest BCUT2D eigenvalue weighted by Crippen LogP contribution is -2.52. The van der Waals surface area contributed by atoms with Crippen LogP contribution in [0, 0.1) is 5.92 Å². The number of nitrogens with one attached hydrogen (secondary N) is 1. The predicted molar refractivity (Wildman–Crippen MR) is 130 cm³/mol. The lowest BCUT2D eigenvalue weighted by molar-refractivity contribution is -0.119. The van der Waals surface area contributed by atoms with Gasteiger partial charge in [-0.25, -0.2) is 18.4 Å². The maximum Gasteiger partial charge on any atom is 0.242 e. The molecule has 2 aliphatic heterocycles. The van der Waals surface area contributed by atoms with E-state index in [-0.39, 0.29) is 12.5 Å². The Labute approximate surface area is 195 Å². The molecule has 2 aromatic rings. The van der Waals surface area contributed by atoms with Crippen molar-refractivity contribution in [2.24, 2.45) is 5.92 Å². The number of piperazine rings is 1. The number of carbonyl (C=O) groups excluding carboxylic acids is 1. The Bertz CT molecular complexity index is 1050. The number of hydrogen-bond acceptors (Lipinski definition) is 7. The summed E-state index contributed by atoms with van der Waals surface area (Å²) in [4.78, 5) is 25.3. The van der Waals surface area contributed by atoms with E-state index in [0.29, 0.717) is 19.0 Å². The van der Waals surface area contributed by atoms with Crippen molar-refractivity contribution in [3.05, 3.63) is 42.2 Å². The van der Waals surface area contributed by atoms with Gasteiger partial charge in [0.1, 0.15) is 0 Å². The summed E-state index contributed by atoms with van der Waals surface area (Å²) in [5.41, 5.74) is 2.97. The number of benzene rings is 1.